The van der Waals surface area contributed by atoms with E-state index in [0.29, 0.717) is 98.3 Å². The maximum Gasteiger partial charge on any atom is 0.246 e. The monoisotopic (exact) mass is 570 g/mol. The molecule has 0 aliphatic carbocycles. The van der Waals surface area contributed by atoms with Gasteiger partial charge in [0.2, 0.25) is 11.8 Å². The molecule has 0 atom stereocenters. The molecule has 0 bridgehead atoms. The molecule has 2 N–H and O–H groups in total. The molecule has 0 unspecified atom stereocenters. The van der Waals surface area contributed by atoms with Crippen molar-refractivity contribution < 1.29 is 50.3 Å². The van der Waals surface area contributed by atoms with Crippen molar-refractivity contribution in [3.63, 3.8) is 0 Å². The van der Waals surface area contributed by atoms with Crippen LogP contribution in [-0.2, 0) is 47.5 Å². The van der Waals surface area contributed by atoms with Crippen LogP contribution in [0.3, 0.4) is 0 Å². The average Bonchev–Trinajstić information content (AvgIpc) is 2.89. The zero-order valence-corrected chi connectivity index (χ0v) is 24.7. The van der Waals surface area contributed by atoms with E-state index in [0.717, 1.165) is 13.0 Å². The highest BCUT2D eigenvalue weighted by molar-refractivity contribution is 5.77. The van der Waals surface area contributed by atoms with Gasteiger partial charge in [-0.25, -0.2) is 0 Å². The standard InChI is InChI=1S/C27H54N2O10.2H2/c1-24(2)5-9-33-13-15-36-19-20-38-23-27(31)29-8-11-32-10-6-26(30)28-7-12-34-14-16-35-17-18-37-21-22-39-25(3)4;;/h24-25H,5-23H2,1-4H3,(H,28,30)(H,29,31);2*1H. The van der Waals surface area contributed by atoms with Crippen LogP contribution in [0.1, 0.15) is 43.4 Å². The number of carbonyl (C=O) groups excluding carboxylic acids is 2. The van der Waals surface area contributed by atoms with Crippen LogP contribution in [0.25, 0.3) is 0 Å². The molecule has 39 heavy (non-hydrogen) atoms. The minimum atomic E-state index is -0.223. The molecule has 0 heterocycles. The first-order valence-corrected chi connectivity index (χ1v) is 14.1. The van der Waals surface area contributed by atoms with E-state index in [4.69, 9.17) is 37.9 Å². The lowest BCUT2D eigenvalue weighted by Gasteiger charge is -2.09. The summed E-state index contributed by atoms with van der Waals surface area (Å²) in [6.07, 6.45) is 1.50. The largest absolute Gasteiger partial charge is 0.379 e. The molecule has 0 aliphatic heterocycles. The summed E-state index contributed by atoms with van der Waals surface area (Å²) in [5.41, 5.74) is 0. The van der Waals surface area contributed by atoms with Gasteiger partial charge in [0.1, 0.15) is 6.61 Å². The third-order valence-corrected chi connectivity index (χ3v) is 4.85. The molecule has 0 aromatic carbocycles. The summed E-state index contributed by atoms with van der Waals surface area (Å²) in [4.78, 5) is 23.5. The minimum Gasteiger partial charge on any atom is -0.379 e. The number of carbonyl (C=O) groups is 2. The summed E-state index contributed by atoms with van der Waals surface area (Å²) in [7, 11) is 0. The van der Waals surface area contributed by atoms with Crippen LogP contribution in [0.2, 0.25) is 0 Å². The summed E-state index contributed by atoms with van der Waals surface area (Å²) in [5.74, 6) is 0.296. The SMILES string of the molecule is CC(C)CCOCCOCCOCC(=O)NCCOCCC(=O)NCCOCCOCCOCCOC(C)C.[HH].[HH]. The predicted molar refractivity (Wildman–Crippen MR) is 151 cm³/mol. The number of rotatable bonds is 30. The molecule has 0 spiro atoms. The van der Waals surface area contributed by atoms with Crippen molar-refractivity contribution >= 4 is 11.8 Å². The number of nitrogens with one attached hydrogen (secondary N) is 2. The molecular formula is C27H58N2O10. The van der Waals surface area contributed by atoms with Crippen molar-refractivity contribution in [2.45, 2.75) is 46.6 Å². The zero-order valence-electron chi connectivity index (χ0n) is 24.7. The second-order valence-corrected chi connectivity index (χ2v) is 9.28. The Morgan fingerprint density at radius 3 is 1.51 bits per heavy atom. The van der Waals surface area contributed by atoms with E-state index >= 15 is 0 Å². The zero-order chi connectivity index (χ0) is 28.8. The average molecular weight is 571 g/mol. The molecule has 2 amide bonds. The van der Waals surface area contributed by atoms with E-state index in [9.17, 15) is 9.59 Å². The van der Waals surface area contributed by atoms with Gasteiger partial charge in [0.25, 0.3) is 0 Å². The molecule has 0 saturated carbocycles. The van der Waals surface area contributed by atoms with Crippen molar-refractivity contribution in [2.75, 3.05) is 112 Å². The van der Waals surface area contributed by atoms with E-state index in [-0.39, 0.29) is 40.4 Å². The molecule has 0 aliphatic rings. The van der Waals surface area contributed by atoms with Gasteiger partial charge >= 0.3 is 0 Å². The van der Waals surface area contributed by atoms with Crippen LogP contribution >= 0.6 is 0 Å². The van der Waals surface area contributed by atoms with E-state index in [1.807, 2.05) is 13.8 Å². The van der Waals surface area contributed by atoms with Crippen molar-refractivity contribution in [3.8, 4) is 0 Å². The fraction of sp³-hybridized carbons (Fsp3) is 0.926. The Morgan fingerprint density at radius 1 is 0.538 bits per heavy atom. The summed E-state index contributed by atoms with van der Waals surface area (Å²) in [6, 6.07) is 0. The maximum atomic E-state index is 11.8. The lowest BCUT2D eigenvalue weighted by Crippen LogP contribution is -2.32. The van der Waals surface area contributed by atoms with Gasteiger partial charge in [0.05, 0.1) is 92.0 Å². The summed E-state index contributed by atoms with van der Waals surface area (Å²) < 4.78 is 43.1. The van der Waals surface area contributed by atoms with Crippen molar-refractivity contribution in [2.24, 2.45) is 5.92 Å². The van der Waals surface area contributed by atoms with Crippen LogP contribution in [0.15, 0.2) is 0 Å². The van der Waals surface area contributed by atoms with Crippen molar-refractivity contribution in [3.05, 3.63) is 0 Å². The van der Waals surface area contributed by atoms with Gasteiger partial charge < -0.3 is 48.5 Å². The van der Waals surface area contributed by atoms with Gasteiger partial charge in [-0.1, -0.05) is 13.8 Å². The number of ether oxygens (including phenoxy) is 8. The van der Waals surface area contributed by atoms with Gasteiger partial charge in [-0.15, -0.1) is 0 Å². The third-order valence-electron chi connectivity index (χ3n) is 4.85. The van der Waals surface area contributed by atoms with Crippen LogP contribution in [0.5, 0.6) is 0 Å². The fourth-order valence-corrected chi connectivity index (χ4v) is 2.74. The molecule has 12 nitrogen and oxygen atoms in total. The molecule has 0 aromatic heterocycles. The van der Waals surface area contributed by atoms with Crippen LogP contribution in [0.4, 0.5) is 0 Å². The summed E-state index contributed by atoms with van der Waals surface area (Å²) in [5, 5.41) is 5.46. The molecule has 236 valence electrons. The lowest BCUT2D eigenvalue weighted by atomic mass is 10.1. The van der Waals surface area contributed by atoms with E-state index < -0.39 is 0 Å². The maximum absolute atomic E-state index is 11.8. The first kappa shape index (κ1) is 37.6. The Balaban J connectivity index is -0.00000722. The normalized spacial score (nSPS) is 11.4. The molecule has 0 fully saturated rings. The molecule has 0 aromatic rings. The first-order valence-electron chi connectivity index (χ1n) is 14.1. The smallest absolute Gasteiger partial charge is 0.246 e. The van der Waals surface area contributed by atoms with Gasteiger partial charge in [0, 0.05) is 29.0 Å². The number of hydrogen-bond donors (Lipinski definition) is 2. The Hall–Kier alpha value is -1.38. The lowest BCUT2D eigenvalue weighted by molar-refractivity contribution is -0.127. The highest BCUT2D eigenvalue weighted by Gasteiger charge is 2.03. The predicted octanol–water partition coefficient (Wildman–Crippen LogP) is 1.69. The van der Waals surface area contributed by atoms with Crippen molar-refractivity contribution in [1.29, 1.82) is 0 Å². The number of hydrogen-bond acceptors (Lipinski definition) is 10. The first-order chi connectivity index (χ1) is 18.9. The highest BCUT2D eigenvalue weighted by atomic mass is 16.6. The number of amides is 2. The Labute approximate surface area is 238 Å². The topological polar surface area (TPSA) is 132 Å². The third kappa shape index (κ3) is 32.7. The molecular weight excluding hydrogens is 512 g/mol. The second-order valence-electron chi connectivity index (χ2n) is 9.28. The highest BCUT2D eigenvalue weighted by Crippen LogP contribution is 1.98. The Bertz CT molecular complexity index is 564. The summed E-state index contributed by atoms with van der Waals surface area (Å²) >= 11 is 0. The van der Waals surface area contributed by atoms with Gasteiger partial charge in [-0.3, -0.25) is 9.59 Å². The molecule has 0 radical (unpaired) electrons. The molecule has 0 saturated heterocycles. The van der Waals surface area contributed by atoms with Gasteiger partial charge in [-0.05, 0) is 26.2 Å². The van der Waals surface area contributed by atoms with Gasteiger partial charge in [0.15, 0.2) is 0 Å². The molecule has 0 rings (SSSR count). The van der Waals surface area contributed by atoms with Crippen molar-refractivity contribution in [1.82, 2.24) is 10.6 Å². The van der Waals surface area contributed by atoms with Crippen LogP contribution in [0, 0.1) is 5.92 Å². The van der Waals surface area contributed by atoms with E-state index in [1.54, 1.807) is 0 Å². The second kappa shape index (κ2) is 29.6. The minimum absolute atomic E-state index is 0. The van der Waals surface area contributed by atoms with E-state index in [2.05, 4.69) is 24.5 Å². The molecule has 12 heteroatoms. The van der Waals surface area contributed by atoms with Crippen LogP contribution < -0.4 is 10.6 Å². The quantitative estimate of drug-likeness (QED) is 0.123. The van der Waals surface area contributed by atoms with Crippen LogP contribution in [-0.4, -0.2) is 130 Å². The van der Waals surface area contributed by atoms with E-state index in [1.165, 1.54) is 0 Å². The Kier molecular flexibility index (Phi) is 28.6. The summed E-state index contributed by atoms with van der Waals surface area (Å²) in [6.45, 7) is 15.7. The van der Waals surface area contributed by atoms with Gasteiger partial charge in [-0.2, -0.15) is 0 Å². The Morgan fingerprint density at radius 2 is 0.974 bits per heavy atom. The fourth-order valence-electron chi connectivity index (χ4n) is 2.74.